The maximum atomic E-state index is 12.3. The number of amides is 1. The smallest absolute Gasteiger partial charge is 0.235 e. The highest BCUT2D eigenvalue weighted by molar-refractivity contribution is 7.91. The Hall–Kier alpha value is -2.65. The number of hydrogen-bond acceptors (Lipinski definition) is 4. The average molecular weight is 399 g/mol. The van der Waals surface area contributed by atoms with Crippen LogP contribution in [0, 0.1) is 11.3 Å². The predicted molar refractivity (Wildman–Crippen MR) is 110 cm³/mol. The van der Waals surface area contributed by atoms with Gasteiger partial charge < -0.3 is 5.32 Å². The second-order valence-electron chi connectivity index (χ2n) is 7.76. The van der Waals surface area contributed by atoms with E-state index in [4.69, 9.17) is 5.26 Å². The van der Waals surface area contributed by atoms with E-state index >= 15 is 0 Å². The zero-order chi connectivity index (χ0) is 20.8. The third kappa shape index (κ3) is 6.50. The fourth-order valence-corrected chi connectivity index (χ4v) is 4.61. The van der Waals surface area contributed by atoms with Crippen LogP contribution in [-0.4, -0.2) is 26.1 Å². The Labute approximate surface area is 167 Å². The molecule has 0 aliphatic carbocycles. The molecule has 1 unspecified atom stereocenters. The summed E-state index contributed by atoms with van der Waals surface area (Å²) in [6.45, 7) is 6.09. The largest absolute Gasteiger partial charge is 0.353 e. The summed E-state index contributed by atoms with van der Waals surface area (Å²) < 4.78 is 24.7. The van der Waals surface area contributed by atoms with Gasteiger partial charge in [-0.15, -0.1) is 0 Å². The highest BCUT2D eigenvalue weighted by Crippen LogP contribution is 2.28. The molecule has 6 heteroatoms. The summed E-state index contributed by atoms with van der Waals surface area (Å²) in [6.07, 6.45) is 0.693. The van der Waals surface area contributed by atoms with Gasteiger partial charge in [-0.05, 0) is 42.0 Å². The lowest BCUT2D eigenvalue weighted by Gasteiger charge is -2.29. The molecule has 1 atom stereocenters. The standard InChI is InChI=1S/C22H26N2O3S/c1-17(13-22(2,3)20-7-5-4-6-8-20)24-21(25)16-28(26,27)15-19-11-9-18(14-23)10-12-19/h4-12,17H,13,15-16H2,1-3H3,(H,24,25). The molecule has 1 N–H and O–H groups in total. The molecule has 0 saturated heterocycles. The van der Waals surface area contributed by atoms with Gasteiger partial charge in [-0.25, -0.2) is 8.42 Å². The van der Waals surface area contributed by atoms with Crippen LogP contribution in [0.1, 0.15) is 43.9 Å². The number of nitrogens with zero attached hydrogens (tertiary/aromatic N) is 1. The van der Waals surface area contributed by atoms with Gasteiger partial charge in [-0.3, -0.25) is 4.79 Å². The second kappa shape index (κ2) is 9.03. The van der Waals surface area contributed by atoms with Crippen molar-refractivity contribution < 1.29 is 13.2 Å². The summed E-state index contributed by atoms with van der Waals surface area (Å²) in [5.41, 5.74) is 2.05. The predicted octanol–water partition coefficient (Wildman–Crippen LogP) is 3.35. The van der Waals surface area contributed by atoms with Gasteiger partial charge in [0.2, 0.25) is 5.91 Å². The van der Waals surface area contributed by atoms with E-state index in [0.29, 0.717) is 17.5 Å². The Kier molecular flexibility index (Phi) is 6.98. The van der Waals surface area contributed by atoms with Crippen LogP contribution in [0.5, 0.6) is 0 Å². The molecular formula is C22H26N2O3S. The van der Waals surface area contributed by atoms with Gasteiger partial charge in [0.1, 0.15) is 5.75 Å². The number of sulfone groups is 1. The highest BCUT2D eigenvalue weighted by atomic mass is 32.2. The van der Waals surface area contributed by atoms with Crippen molar-refractivity contribution in [3.05, 3.63) is 71.3 Å². The van der Waals surface area contributed by atoms with E-state index in [9.17, 15) is 13.2 Å². The molecular weight excluding hydrogens is 372 g/mol. The van der Waals surface area contributed by atoms with Crippen molar-refractivity contribution in [2.75, 3.05) is 5.75 Å². The molecule has 0 aliphatic heterocycles. The van der Waals surface area contributed by atoms with Crippen LogP contribution < -0.4 is 5.32 Å². The van der Waals surface area contributed by atoms with Crippen molar-refractivity contribution >= 4 is 15.7 Å². The van der Waals surface area contributed by atoms with Crippen molar-refractivity contribution in [1.82, 2.24) is 5.32 Å². The fourth-order valence-electron chi connectivity index (χ4n) is 3.32. The number of hydrogen-bond donors (Lipinski definition) is 1. The first kappa shape index (κ1) is 21.6. The molecule has 5 nitrogen and oxygen atoms in total. The molecule has 2 aromatic rings. The van der Waals surface area contributed by atoms with Crippen molar-refractivity contribution in [3.63, 3.8) is 0 Å². The zero-order valence-electron chi connectivity index (χ0n) is 16.5. The van der Waals surface area contributed by atoms with E-state index in [0.717, 1.165) is 0 Å². The van der Waals surface area contributed by atoms with Crippen molar-refractivity contribution in [2.24, 2.45) is 0 Å². The van der Waals surface area contributed by atoms with Crippen LogP contribution in [-0.2, 0) is 25.8 Å². The molecule has 1 amide bonds. The van der Waals surface area contributed by atoms with E-state index in [1.165, 1.54) is 5.56 Å². The number of benzene rings is 2. The Bertz CT molecular complexity index is 944. The number of carbonyl (C=O) groups excluding carboxylic acids is 1. The second-order valence-corrected chi connectivity index (χ2v) is 9.83. The van der Waals surface area contributed by atoms with Gasteiger partial charge in [0, 0.05) is 6.04 Å². The average Bonchev–Trinajstić information content (AvgIpc) is 2.61. The summed E-state index contributed by atoms with van der Waals surface area (Å²) in [7, 11) is -3.59. The number of carbonyl (C=O) groups is 1. The monoisotopic (exact) mass is 398 g/mol. The molecule has 148 valence electrons. The minimum atomic E-state index is -3.59. The topological polar surface area (TPSA) is 87.0 Å². The van der Waals surface area contributed by atoms with Crippen LogP contribution in [0.4, 0.5) is 0 Å². The maximum absolute atomic E-state index is 12.3. The molecule has 0 spiro atoms. The molecule has 0 bridgehead atoms. The van der Waals surface area contributed by atoms with Crippen molar-refractivity contribution in [3.8, 4) is 6.07 Å². The quantitative estimate of drug-likeness (QED) is 0.739. The Morgan fingerprint density at radius 2 is 1.71 bits per heavy atom. The molecule has 0 heterocycles. The lowest BCUT2D eigenvalue weighted by molar-refractivity contribution is -0.119. The Balaban J connectivity index is 1.91. The summed E-state index contributed by atoms with van der Waals surface area (Å²) in [5, 5.41) is 11.6. The third-order valence-electron chi connectivity index (χ3n) is 4.60. The molecule has 0 aliphatic rings. The fraction of sp³-hybridized carbons (Fsp3) is 0.364. The minimum absolute atomic E-state index is 0.144. The molecule has 0 radical (unpaired) electrons. The summed E-state index contributed by atoms with van der Waals surface area (Å²) >= 11 is 0. The highest BCUT2D eigenvalue weighted by Gasteiger charge is 2.25. The SMILES string of the molecule is CC(CC(C)(C)c1ccccc1)NC(=O)CS(=O)(=O)Cc1ccc(C#N)cc1. The minimum Gasteiger partial charge on any atom is -0.353 e. The van der Waals surface area contributed by atoms with E-state index in [1.54, 1.807) is 24.3 Å². The van der Waals surface area contributed by atoms with Gasteiger partial charge in [0.05, 0.1) is 17.4 Å². The number of nitriles is 1. The maximum Gasteiger partial charge on any atom is 0.235 e. The van der Waals surface area contributed by atoms with Crippen LogP contribution in [0.3, 0.4) is 0 Å². The van der Waals surface area contributed by atoms with E-state index in [2.05, 4.69) is 31.3 Å². The third-order valence-corrected chi connectivity index (χ3v) is 6.07. The van der Waals surface area contributed by atoms with Gasteiger partial charge in [0.25, 0.3) is 0 Å². The van der Waals surface area contributed by atoms with Crippen LogP contribution in [0.15, 0.2) is 54.6 Å². The van der Waals surface area contributed by atoms with E-state index in [-0.39, 0.29) is 17.2 Å². The van der Waals surface area contributed by atoms with Gasteiger partial charge in [0.15, 0.2) is 9.84 Å². The lowest BCUT2D eigenvalue weighted by atomic mass is 9.79. The number of nitrogens with one attached hydrogen (secondary N) is 1. The van der Waals surface area contributed by atoms with Gasteiger partial charge >= 0.3 is 0 Å². The lowest BCUT2D eigenvalue weighted by Crippen LogP contribution is -2.40. The molecule has 2 aromatic carbocycles. The number of rotatable bonds is 8. The van der Waals surface area contributed by atoms with Crippen LogP contribution in [0.2, 0.25) is 0 Å². The molecule has 2 rings (SSSR count). The van der Waals surface area contributed by atoms with Crippen molar-refractivity contribution in [1.29, 1.82) is 5.26 Å². The zero-order valence-corrected chi connectivity index (χ0v) is 17.3. The van der Waals surface area contributed by atoms with E-state index in [1.807, 2.05) is 31.2 Å². The van der Waals surface area contributed by atoms with E-state index < -0.39 is 21.5 Å². The Morgan fingerprint density at radius 3 is 2.29 bits per heavy atom. The molecule has 0 aromatic heterocycles. The van der Waals surface area contributed by atoms with Crippen LogP contribution in [0.25, 0.3) is 0 Å². The summed E-state index contributed by atoms with van der Waals surface area (Å²) in [4.78, 5) is 12.2. The molecule has 0 fully saturated rings. The summed E-state index contributed by atoms with van der Waals surface area (Å²) in [5.74, 6) is -1.27. The van der Waals surface area contributed by atoms with Crippen molar-refractivity contribution in [2.45, 2.75) is 44.4 Å². The van der Waals surface area contributed by atoms with Gasteiger partial charge in [-0.2, -0.15) is 5.26 Å². The van der Waals surface area contributed by atoms with Crippen LogP contribution >= 0.6 is 0 Å². The first-order chi connectivity index (χ1) is 13.1. The molecule has 0 saturated carbocycles. The van der Waals surface area contributed by atoms with Gasteiger partial charge in [-0.1, -0.05) is 56.3 Å². The molecule has 28 heavy (non-hydrogen) atoms. The first-order valence-electron chi connectivity index (χ1n) is 9.16. The normalized spacial score (nSPS) is 12.8. The first-order valence-corrected chi connectivity index (χ1v) is 11.0. The summed E-state index contributed by atoms with van der Waals surface area (Å²) in [6, 6.07) is 18.2. The Morgan fingerprint density at radius 1 is 1.11 bits per heavy atom.